The van der Waals surface area contributed by atoms with Crippen LogP contribution >= 0.6 is 15.9 Å². The second kappa shape index (κ2) is 6.82. The molecule has 4 rings (SSSR count). The minimum absolute atomic E-state index is 0.155. The van der Waals surface area contributed by atoms with E-state index in [4.69, 9.17) is 9.47 Å². The number of amides is 1. The van der Waals surface area contributed by atoms with E-state index >= 15 is 0 Å². The molecule has 1 aliphatic heterocycles. The highest BCUT2D eigenvalue weighted by Crippen LogP contribution is 2.50. The maximum Gasteiger partial charge on any atom is 0.418 e. The van der Waals surface area contributed by atoms with Crippen LogP contribution in [0.4, 0.5) is 32.6 Å². The van der Waals surface area contributed by atoms with E-state index in [9.17, 15) is 26.7 Å². The van der Waals surface area contributed by atoms with Gasteiger partial charge in [0.15, 0.2) is 11.6 Å². The first-order valence-electron chi connectivity index (χ1n) is 8.39. The highest BCUT2D eigenvalue weighted by Gasteiger charge is 2.55. The zero-order valence-electron chi connectivity index (χ0n) is 14.5. The molecular weight excluding hydrogens is 467 g/mol. The van der Waals surface area contributed by atoms with Gasteiger partial charge in [-0.05, 0) is 52.0 Å². The largest absolute Gasteiger partial charge is 0.459 e. The molecule has 1 fully saturated rings. The average molecular weight is 479 g/mol. The van der Waals surface area contributed by atoms with E-state index in [1.54, 1.807) is 6.07 Å². The monoisotopic (exact) mass is 478 g/mol. The number of anilines is 1. The summed E-state index contributed by atoms with van der Waals surface area (Å²) in [6, 6.07) is 3.66. The SMILES string of the molecule is O=C1OC[C@@]2(CCc3c2ccc(Br)c3F)N1c1ncc(C(F)(F)F)cc1OCF. The van der Waals surface area contributed by atoms with Crippen LogP contribution < -0.4 is 9.64 Å². The van der Waals surface area contributed by atoms with Crippen LogP contribution in [0.25, 0.3) is 0 Å². The molecule has 11 heteroatoms. The van der Waals surface area contributed by atoms with Crippen LogP contribution in [0.2, 0.25) is 0 Å². The first-order chi connectivity index (χ1) is 13.7. The fraction of sp³-hybridized carbons (Fsp3) is 0.333. The summed E-state index contributed by atoms with van der Waals surface area (Å²) in [7, 11) is 0. The van der Waals surface area contributed by atoms with Gasteiger partial charge in [0.05, 0.1) is 10.0 Å². The molecule has 29 heavy (non-hydrogen) atoms. The predicted octanol–water partition coefficient (Wildman–Crippen LogP) is 5.11. The lowest BCUT2D eigenvalue weighted by atomic mass is 9.91. The Morgan fingerprint density at radius 3 is 2.79 bits per heavy atom. The van der Waals surface area contributed by atoms with Crippen LogP contribution in [0, 0.1) is 5.82 Å². The van der Waals surface area contributed by atoms with Crippen molar-refractivity contribution >= 4 is 27.8 Å². The topological polar surface area (TPSA) is 51.7 Å². The van der Waals surface area contributed by atoms with Gasteiger partial charge in [-0.15, -0.1) is 0 Å². The van der Waals surface area contributed by atoms with Crippen molar-refractivity contribution in [2.75, 3.05) is 18.4 Å². The van der Waals surface area contributed by atoms with Crippen LogP contribution in [0.15, 0.2) is 28.9 Å². The van der Waals surface area contributed by atoms with Gasteiger partial charge in [-0.2, -0.15) is 13.2 Å². The van der Waals surface area contributed by atoms with Crippen molar-refractivity contribution in [3.63, 3.8) is 0 Å². The van der Waals surface area contributed by atoms with Crippen LogP contribution in [0.3, 0.4) is 0 Å². The molecule has 0 N–H and O–H groups in total. The first-order valence-corrected chi connectivity index (χ1v) is 9.18. The number of ether oxygens (including phenoxy) is 2. The third-order valence-corrected chi connectivity index (χ3v) is 5.73. The molecule has 1 aromatic carbocycles. The Labute approximate surface area is 169 Å². The zero-order chi connectivity index (χ0) is 21.0. The number of hydrogen-bond donors (Lipinski definition) is 0. The Hall–Kier alpha value is -2.43. The number of alkyl halides is 4. The average Bonchev–Trinajstić information content (AvgIpc) is 3.19. The summed E-state index contributed by atoms with van der Waals surface area (Å²) >= 11 is 3.11. The van der Waals surface area contributed by atoms with Crippen molar-refractivity contribution in [3.8, 4) is 5.75 Å². The van der Waals surface area contributed by atoms with Crippen molar-refractivity contribution in [2.24, 2.45) is 0 Å². The van der Waals surface area contributed by atoms with Gasteiger partial charge >= 0.3 is 12.3 Å². The summed E-state index contributed by atoms with van der Waals surface area (Å²) in [5.41, 5.74) is -1.53. The van der Waals surface area contributed by atoms with Gasteiger partial charge in [0, 0.05) is 6.20 Å². The number of benzene rings is 1. The van der Waals surface area contributed by atoms with E-state index in [1.165, 1.54) is 6.07 Å². The van der Waals surface area contributed by atoms with Gasteiger partial charge in [-0.25, -0.2) is 23.5 Å². The van der Waals surface area contributed by atoms with E-state index in [0.29, 0.717) is 23.4 Å². The van der Waals surface area contributed by atoms with Crippen molar-refractivity contribution in [2.45, 2.75) is 24.6 Å². The lowest BCUT2D eigenvalue weighted by molar-refractivity contribution is -0.138. The van der Waals surface area contributed by atoms with Crippen molar-refractivity contribution in [1.82, 2.24) is 4.98 Å². The van der Waals surface area contributed by atoms with E-state index in [-0.39, 0.29) is 29.7 Å². The van der Waals surface area contributed by atoms with Crippen LogP contribution in [-0.2, 0) is 22.9 Å². The molecule has 2 heterocycles. The predicted molar refractivity (Wildman–Crippen MR) is 93.8 cm³/mol. The summed E-state index contributed by atoms with van der Waals surface area (Å²) in [5, 5.41) is 0. The van der Waals surface area contributed by atoms with Gasteiger partial charge in [0.2, 0.25) is 6.86 Å². The van der Waals surface area contributed by atoms with E-state index in [2.05, 4.69) is 20.9 Å². The molecule has 1 spiro atoms. The molecule has 5 nitrogen and oxygen atoms in total. The summed E-state index contributed by atoms with van der Waals surface area (Å²) in [6.45, 7) is -1.58. The molecule has 1 saturated heterocycles. The molecule has 1 aliphatic carbocycles. The molecular formula is C18H12BrF5N2O3. The number of nitrogens with zero attached hydrogens (tertiary/aromatic N) is 2. The minimum atomic E-state index is -4.74. The van der Waals surface area contributed by atoms with Gasteiger partial charge in [0.25, 0.3) is 0 Å². The van der Waals surface area contributed by atoms with E-state index in [0.717, 1.165) is 4.90 Å². The molecule has 0 bridgehead atoms. The van der Waals surface area contributed by atoms with E-state index < -0.39 is 41.8 Å². The Bertz CT molecular complexity index is 1000. The first kappa shape index (κ1) is 19.9. The number of halogens is 6. The summed E-state index contributed by atoms with van der Waals surface area (Å²) in [6.07, 6.45) is -4.58. The van der Waals surface area contributed by atoms with Gasteiger partial charge in [0.1, 0.15) is 18.0 Å². The molecule has 1 atom stereocenters. The Balaban J connectivity index is 1.87. The quantitative estimate of drug-likeness (QED) is 0.575. The van der Waals surface area contributed by atoms with Crippen molar-refractivity contribution in [1.29, 1.82) is 0 Å². The fourth-order valence-electron chi connectivity index (χ4n) is 3.82. The second-order valence-electron chi connectivity index (χ2n) is 6.61. The standard InChI is InChI=1S/C18H12BrF5N2O3/c19-12-2-1-11-10(14(12)21)3-4-17(11)7-28-16(27)26(17)15-13(29-8-20)5-9(6-25-15)18(22,23)24/h1-2,5-6H,3-4,7-8H2/t17-/m1/s1. The summed E-state index contributed by atoms with van der Waals surface area (Å²) < 4.78 is 76.6. The lowest BCUT2D eigenvalue weighted by Crippen LogP contribution is -2.44. The van der Waals surface area contributed by atoms with Crippen LogP contribution in [0.5, 0.6) is 5.75 Å². The molecule has 0 saturated carbocycles. The molecule has 0 unspecified atom stereocenters. The van der Waals surface area contributed by atoms with Gasteiger partial charge in [-0.3, -0.25) is 0 Å². The third kappa shape index (κ3) is 3.02. The fourth-order valence-corrected chi connectivity index (χ4v) is 4.19. The minimum Gasteiger partial charge on any atom is -0.459 e. The number of fused-ring (bicyclic) bond motifs is 2. The van der Waals surface area contributed by atoms with Crippen LogP contribution in [0.1, 0.15) is 23.1 Å². The lowest BCUT2D eigenvalue weighted by Gasteiger charge is -2.32. The third-order valence-electron chi connectivity index (χ3n) is 5.11. The number of carbonyl (C=O) groups is 1. The molecule has 2 aliphatic rings. The maximum absolute atomic E-state index is 14.5. The molecule has 2 aromatic rings. The van der Waals surface area contributed by atoms with Crippen molar-refractivity contribution in [3.05, 3.63) is 51.4 Å². The normalized spacial score (nSPS) is 20.9. The zero-order valence-corrected chi connectivity index (χ0v) is 16.1. The highest BCUT2D eigenvalue weighted by molar-refractivity contribution is 9.10. The number of hydrogen-bond acceptors (Lipinski definition) is 4. The summed E-state index contributed by atoms with van der Waals surface area (Å²) in [5.74, 6) is -1.37. The molecule has 154 valence electrons. The number of rotatable bonds is 3. The number of aromatic nitrogens is 1. The molecule has 0 radical (unpaired) electrons. The van der Waals surface area contributed by atoms with E-state index in [1.807, 2.05) is 0 Å². The van der Waals surface area contributed by atoms with Crippen molar-refractivity contribution < 1.29 is 36.2 Å². The molecule has 1 aromatic heterocycles. The van der Waals surface area contributed by atoms with Gasteiger partial charge in [-0.1, -0.05) is 6.07 Å². The van der Waals surface area contributed by atoms with Gasteiger partial charge < -0.3 is 9.47 Å². The maximum atomic E-state index is 14.5. The molecule has 1 amide bonds. The second-order valence-corrected chi connectivity index (χ2v) is 7.46. The smallest absolute Gasteiger partial charge is 0.418 e. The Kier molecular flexibility index (Phi) is 4.67. The number of pyridine rings is 1. The number of carbonyl (C=O) groups excluding carboxylic acids is 1. The Morgan fingerprint density at radius 2 is 2.10 bits per heavy atom. The number of cyclic esters (lactones) is 1. The summed E-state index contributed by atoms with van der Waals surface area (Å²) in [4.78, 5) is 17.3. The highest BCUT2D eigenvalue weighted by atomic mass is 79.9. The Morgan fingerprint density at radius 1 is 1.34 bits per heavy atom. The van der Waals surface area contributed by atoms with Crippen LogP contribution in [-0.4, -0.2) is 24.5 Å².